The average Bonchev–Trinajstić information content (AvgIpc) is 3.26. The maximum Gasteiger partial charge on any atom is 0.109 e. The Morgan fingerprint density at radius 1 is 0.659 bits per heavy atom. The Hall–Kier alpha value is -0.240. The van der Waals surface area contributed by atoms with E-state index >= 15 is 0 Å². The van der Waals surface area contributed by atoms with Gasteiger partial charge in [-0.05, 0) is 133 Å². The Morgan fingerprint density at radius 2 is 1.24 bits per heavy atom. The van der Waals surface area contributed by atoms with Crippen molar-refractivity contribution in [3.63, 3.8) is 0 Å². The van der Waals surface area contributed by atoms with Crippen molar-refractivity contribution in [1.82, 2.24) is 0 Å². The third-order valence-corrected chi connectivity index (χ3v) is 15.5. The minimum absolute atomic E-state index is 0.0339. The van der Waals surface area contributed by atoms with Crippen LogP contribution in [0.3, 0.4) is 0 Å². The van der Waals surface area contributed by atoms with Gasteiger partial charge in [0.25, 0.3) is 0 Å². The topological polar surface area (TPSA) is 127 Å². The van der Waals surface area contributed by atoms with Crippen molar-refractivity contribution >= 4 is 0 Å². The summed E-state index contributed by atoms with van der Waals surface area (Å²) in [5.41, 5.74) is 7.24. The van der Waals surface area contributed by atoms with Gasteiger partial charge in [-0.2, -0.15) is 0 Å². The van der Waals surface area contributed by atoms with Gasteiger partial charge in [0, 0.05) is 13.2 Å². The van der Waals surface area contributed by atoms with E-state index in [9.17, 15) is 25.5 Å². The van der Waals surface area contributed by atoms with Crippen LogP contribution in [-0.4, -0.2) is 63.1 Å². The fraction of sp³-hybridized carbons (Fsp3) is 1.00. The van der Waals surface area contributed by atoms with Crippen LogP contribution in [0, 0.1) is 62.6 Å². The first-order valence-electron chi connectivity index (χ1n) is 17.1. The number of aliphatic hydroxyl groups is 5. The van der Waals surface area contributed by atoms with Crippen LogP contribution in [0.5, 0.6) is 0 Å². The highest BCUT2D eigenvalue weighted by Crippen LogP contribution is 2.78. The largest absolute Gasteiger partial charge is 0.396 e. The molecule has 0 aromatic carbocycles. The van der Waals surface area contributed by atoms with Crippen LogP contribution in [0.25, 0.3) is 0 Å². The molecule has 5 fully saturated rings. The lowest BCUT2D eigenvalue weighted by atomic mass is 9.32. The molecule has 5 saturated carbocycles. The fourth-order valence-electron chi connectivity index (χ4n) is 13.3. The van der Waals surface area contributed by atoms with Gasteiger partial charge < -0.3 is 31.3 Å². The van der Waals surface area contributed by atoms with Gasteiger partial charge in [-0.3, -0.25) is 0 Å². The molecule has 14 unspecified atom stereocenters. The summed E-state index contributed by atoms with van der Waals surface area (Å²) in [7, 11) is 0. The van der Waals surface area contributed by atoms with Crippen LogP contribution in [0.4, 0.5) is 0 Å². The molecule has 0 heterocycles. The maximum absolute atomic E-state index is 10.8. The molecular weight excluding hydrogens is 514 g/mol. The molecule has 0 radical (unpaired) electrons. The summed E-state index contributed by atoms with van der Waals surface area (Å²) in [6.45, 7) is 15.5. The number of aliphatic hydroxyl groups excluding tert-OH is 5. The Morgan fingerprint density at radius 3 is 1.85 bits per heavy atom. The van der Waals surface area contributed by atoms with E-state index in [0.29, 0.717) is 39.4 Å². The zero-order valence-corrected chi connectivity index (χ0v) is 27.0. The zero-order chi connectivity index (χ0) is 30.2. The molecule has 5 rings (SSSR count). The van der Waals surface area contributed by atoms with Gasteiger partial charge in [-0.1, -0.05) is 48.0 Å². The Kier molecular flexibility index (Phi) is 8.61. The van der Waals surface area contributed by atoms with E-state index in [1.54, 1.807) is 0 Å². The highest BCUT2D eigenvalue weighted by Gasteiger charge is 2.70. The van der Waals surface area contributed by atoms with Crippen LogP contribution < -0.4 is 5.73 Å². The van der Waals surface area contributed by atoms with Crippen molar-refractivity contribution in [1.29, 1.82) is 0 Å². The van der Waals surface area contributed by atoms with Crippen molar-refractivity contribution in [3.05, 3.63) is 0 Å². The highest BCUT2D eigenvalue weighted by atomic mass is 16.4. The van der Waals surface area contributed by atoms with Crippen LogP contribution in [0.1, 0.15) is 119 Å². The standard InChI is InChI=1S/C35H63NO5/c1-31(2)13-7-14-33(4)26(31)12-17-35(6)28(33)9-8-27-32(3)15-10-22(23(32)11-16-34(27,35)5)21(20-37)18-24(38)29(40)30(41)25(39)19-36/h21-30,37-41H,7-20,36H2,1-6H3. The normalized spacial score (nSPS) is 49.0. The molecule has 5 aliphatic rings. The van der Waals surface area contributed by atoms with Crippen LogP contribution in [0.2, 0.25) is 0 Å². The number of hydrogen-bond donors (Lipinski definition) is 6. The Labute approximate surface area is 249 Å². The van der Waals surface area contributed by atoms with E-state index < -0.39 is 24.4 Å². The second-order valence-corrected chi connectivity index (χ2v) is 17.3. The van der Waals surface area contributed by atoms with E-state index in [2.05, 4.69) is 41.5 Å². The third kappa shape index (κ3) is 4.71. The second kappa shape index (κ2) is 11.0. The summed E-state index contributed by atoms with van der Waals surface area (Å²) < 4.78 is 0. The van der Waals surface area contributed by atoms with Gasteiger partial charge >= 0.3 is 0 Å². The van der Waals surface area contributed by atoms with Gasteiger partial charge in [0.2, 0.25) is 0 Å². The minimum Gasteiger partial charge on any atom is -0.396 e. The smallest absolute Gasteiger partial charge is 0.109 e. The number of fused-ring (bicyclic) bond motifs is 7. The van der Waals surface area contributed by atoms with Gasteiger partial charge in [0.05, 0.1) is 12.2 Å². The minimum atomic E-state index is -1.50. The SMILES string of the molecule is CC1(C)CCCC2(C)C1CCC1(C)C2CCC2C3(C)CCC(C(CO)CC(O)C(O)C(O)C(O)CN)C3CCC21C. The second-order valence-electron chi connectivity index (χ2n) is 17.3. The quantitative estimate of drug-likeness (QED) is 0.244. The lowest BCUT2D eigenvalue weighted by Gasteiger charge is -2.73. The van der Waals surface area contributed by atoms with Crippen molar-refractivity contribution in [3.8, 4) is 0 Å². The van der Waals surface area contributed by atoms with Crippen LogP contribution in [-0.2, 0) is 0 Å². The molecule has 0 saturated heterocycles. The molecule has 41 heavy (non-hydrogen) atoms. The molecule has 6 nitrogen and oxygen atoms in total. The molecule has 7 N–H and O–H groups in total. The molecule has 0 bridgehead atoms. The third-order valence-electron chi connectivity index (χ3n) is 15.5. The number of hydrogen-bond acceptors (Lipinski definition) is 6. The molecule has 0 aromatic rings. The van der Waals surface area contributed by atoms with Gasteiger partial charge in [-0.25, -0.2) is 0 Å². The van der Waals surface area contributed by atoms with Crippen molar-refractivity contribution in [2.75, 3.05) is 13.2 Å². The predicted octanol–water partition coefficient (Wildman–Crippen LogP) is 4.88. The van der Waals surface area contributed by atoms with Crippen molar-refractivity contribution in [2.24, 2.45) is 68.3 Å². The molecule has 0 aromatic heterocycles. The number of nitrogens with two attached hydrogens (primary N) is 1. The van der Waals surface area contributed by atoms with Crippen LogP contribution >= 0.6 is 0 Å². The van der Waals surface area contributed by atoms with E-state index in [4.69, 9.17) is 5.73 Å². The monoisotopic (exact) mass is 577 g/mol. The molecule has 238 valence electrons. The molecular formula is C35H63NO5. The highest BCUT2D eigenvalue weighted by molar-refractivity contribution is 5.19. The summed E-state index contributed by atoms with van der Waals surface area (Å²) in [6, 6.07) is 0. The zero-order valence-electron chi connectivity index (χ0n) is 27.0. The first-order chi connectivity index (χ1) is 19.1. The molecule has 0 spiro atoms. The van der Waals surface area contributed by atoms with Crippen molar-refractivity contribution in [2.45, 2.75) is 143 Å². The first kappa shape index (κ1) is 32.2. The summed E-state index contributed by atoms with van der Waals surface area (Å²) in [5.74, 6) is 2.97. The maximum atomic E-state index is 10.8. The van der Waals surface area contributed by atoms with Gasteiger partial charge in [0.1, 0.15) is 12.2 Å². The summed E-state index contributed by atoms with van der Waals surface area (Å²) >= 11 is 0. The molecule has 14 atom stereocenters. The molecule has 6 heteroatoms. The van der Waals surface area contributed by atoms with E-state index in [-0.39, 0.29) is 30.9 Å². The lowest BCUT2D eigenvalue weighted by molar-refractivity contribution is -0.241. The number of rotatable bonds is 8. The predicted molar refractivity (Wildman–Crippen MR) is 163 cm³/mol. The first-order valence-corrected chi connectivity index (χ1v) is 17.1. The summed E-state index contributed by atoms with van der Waals surface area (Å²) in [5, 5.41) is 52.0. The fourth-order valence-corrected chi connectivity index (χ4v) is 13.3. The van der Waals surface area contributed by atoms with Gasteiger partial charge in [-0.15, -0.1) is 0 Å². The van der Waals surface area contributed by atoms with E-state index in [1.807, 2.05) is 0 Å². The Balaban J connectivity index is 1.36. The summed E-state index contributed by atoms with van der Waals surface area (Å²) in [4.78, 5) is 0. The summed E-state index contributed by atoms with van der Waals surface area (Å²) in [6.07, 6.45) is 8.92. The van der Waals surface area contributed by atoms with E-state index in [1.165, 1.54) is 64.2 Å². The molecule has 5 aliphatic carbocycles. The average molecular weight is 578 g/mol. The van der Waals surface area contributed by atoms with Crippen LogP contribution in [0.15, 0.2) is 0 Å². The molecule has 0 amide bonds. The van der Waals surface area contributed by atoms with Gasteiger partial charge in [0.15, 0.2) is 0 Å². The molecule has 0 aliphatic heterocycles. The lowest BCUT2D eigenvalue weighted by Crippen LogP contribution is -2.65. The van der Waals surface area contributed by atoms with Crippen molar-refractivity contribution < 1.29 is 25.5 Å². The van der Waals surface area contributed by atoms with E-state index in [0.717, 1.165) is 18.3 Å². The Bertz CT molecular complexity index is 944.